The highest BCUT2D eigenvalue weighted by atomic mass is 35.5. The van der Waals surface area contributed by atoms with Crippen LogP contribution in [-0.4, -0.2) is 46.1 Å². The van der Waals surface area contributed by atoms with Gasteiger partial charge in [0.1, 0.15) is 5.71 Å². The van der Waals surface area contributed by atoms with E-state index in [9.17, 15) is 9.59 Å². The van der Waals surface area contributed by atoms with Crippen molar-refractivity contribution in [2.24, 2.45) is 5.16 Å². The maximum atomic E-state index is 12.8. The zero-order chi connectivity index (χ0) is 20.3. The fourth-order valence-electron chi connectivity index (χ4n) is 3.69. The lowest BCUT2D eigenvalue weighted by Gasteiger charge is -2.38. The van der Waals surface area contributed by atoms with E-state index in [0.29, 0.717) is 42.4 Å². The molecule has 1 saturated heterocycles. The van der Waals surface area contributed by atoms with Crippen LogP contribution in [0.5, 0.6) is 0 Å². The predicted molar refractivity (Wildman–Crippen MR) is 109 cm³/mol. The van der Waals surface area contributed by atoms with Gasteiger partial charge in [-0.3, -0.25) is 14.6 Å². The maximum Gasteiger partial charge on any atom is 0.269 e. The van der Waals surface area contributed by atoms with Gasteiger partial charge in [-0.15, -0.1) is 0 Å². The van der Waals surface area contributed by atoms with Gasteiger partial charge >= 0.3 is 0 Å². The van der Waals surface area contributed by atoms with E-state index in [0.717, 1.165) is 18.4 Å². The molecule has 2 aliphatic rings. The van der Waals surface area contributed by atoms with Crippen molar-refractivity contribution < 1.29 is 14.4 Å². The number of amides is 2. The van der Waals surface area contributed by atoms with E-state index in [4.69, 9.17) is 16.4 Å². The summed E-state index contributed by atoms with van der Waals surface area (Å²) in [5.74, 6) is -0.320. The van der Waals surface area contributed by atoms with Crippen LogP contribution in [0.2, 0.25) is 5.02 Å². The molecule has 1 fully saturated rings. The van der Waals surface area contributed by atoms with Crippen molar-refractivity contribution in [1.82, 2.24) is 15.2 Å². The summed E-state index contributed by atoms with van der Waals surface area (Å²) >= 11 is 5.91. The van der Waals surface area contributed by atoms with Crippen molar-refractivity contribution in [2.45, 2.75) is 31.4 Å². The molecule has 2 amide bonds. The van der Waals surface area contributed by atoms with Crippen LogP contribution in [0.4, 0.5) is 0 Å². The summed E-state index contributed by atoms with van der Waals surface area (Å²) in [6, 6.07) is 10.5. The van der Waals surface area contributed by atoms with Gasteiger partial charge in [0, 0.05) is 42.5 Å². The summed E-state index contributed by atoms with van der Waals surface area (Å²) in [6.45, 7) is 1.45. The monoisotopic (exact) mass is 412 g/mol. The molecule has 150 valence electrons. The SMILES string of the molecule is O=C(NCc1ccncc1)C1=NOC2(CCCN(C(=O)c3ccc(Cl)cc3)C2)C1. The fourth-order valence-corrected chi connectivity index (χ4v) is 3.82. The van der Waals surface area contributed by atoms with Crippen LogP contribution in [0.1, 0.15) is 35.2 Å². The molecule has 1 spiro atoms. The van der Waals surface area contributed by atoms with Gasteiger partial charge in [0.2, 0.25) is 0 Å². The third kappa shape index (κ3) is 4.40. The van der Waals surface area contributed by atoms with Gasteiger partial charge in [-0.25, -0.2) is 0 Å². The molecule has 0 radical (unpaired) electrons. The average molecular weight is 413 g/mol. The zero-order valence-corrected chi connectivity index (χ0v) is 16.6. The summed E-state index contributed by atoms with van der Waals surface area (Å²) in [5.41, 5.74) is 1.27. The Morgan fingerprint density at radius 3 is 2.69 bits per heavy atom. The van der Waals surface area contributed by atoms with Crippen LogP contribution in [-0.2, 0) is 16.2 Å². The minimum atomic E-state index is -0.635. The number of nitrogens with one attached hydrogen (secondary N) is 1. The number of nitrogens with zero attached hydrogens (tertiary/aromatic N) is 3. The highest BCUT2D eigenvalue weighted by Gasteiger charge is 2.45. The minimum Gasteiger partial charge on any atom is -0.386 e. The van der Waals surface area contributed by atoms with Crippen LogP contribution >= 0.6 is 11.6 Å². The van der Waals surface area contributed by atoms with Crippen molar-refractivity contribution in [3.8, 4) is 0 Å². The first-order chi connectivity index (χ1) is 14.0. The number of hydrogen-bond donors (Lipinski definition) is 1. The van der Waals surface area contributed by atoms with Crippen LogP contribution < -0.4 is 5.32 Å². The van der Waals surface area contributed by atoms with Crippen LogP contribution in [0, 0.1) is 0 Å². The molecule has 1 atom stereocenters. The molecular formula is C21H21ClN4O3. The second-order valence-corrected chi connectivity index (χ2v) is 7.80. The summed E-state index contributed by atoms with van der Waals surface area (Å²) in [4.78, 5) is 36.7. The smallest absolute Gasteiger partial charge is 0.269 e. The molecule has 1 aromatic heterocycles. The molecular weight excluding hydrogens is 392 g/mol. The number of carbonyl (C=O) groups is 2. The molecule has 4 rings (SSSR count). The minimum absolute atomic E-state index is 0.0695. The van der Waals surface area contributed by atoms with Gasteiger partial charge in [-0.1, -0.05) is 16.8 Å². The summed E-state index contributed by atoms with van der Waals surface area (Å²) in [5, 5.41) is 7.49. The van der Waals surface area contributed by atoms with Gasteiger partial charge in [0.25, 0.3) is 11.8 Å². The summed E-state index contributed by atoms with van der Waals surface area (Å²) in [6.07, 6.45) is 5.30. The van der Waals surface area contributed by atoms with Gasteiger partial charge in [0.15, 0.2) is 5.60 Å². The number of hydrogen-bond acceptors (Lipinski definition) is 5. The van der Waals surface area contributed by atoms with Gasteiger partial charge in [-0.2, -0.15) is 0 Å². The molecule has 2 aromatic rings. The van der Waals surface area contributed by atoms with Crippen molar-refractivity contribution in [1.29, 1.82) is 0 Å². The van der Waals surface area contributed by atoms with Crippen molar-refractivity contribution in [2.75, 3.05) is 13.1 Å². The molecule has 0 bridgehead atoms. The zero-order valence-electron chi connectivity index (χ0n) is 15.8. The Morgan fingerprint density at radius 2 is 1.93 bits per heavy atom. The third-order valence-electron chi connectivity index (χ3n) is 5.22. The number of aromatic nitrogens is 1. The molecule has 29 heavy (non-hydrogen) atoms. The number of piperidine rings is 1. The molecule has 1 unspecified atom stereocenters. The van der Waals surface area contributed by atoms with Gasteiger partial charge in [-0.05, 0) is 54.8 Å². The molecule has 8 heteroatoms. The van der Waals surface area contributed by atoms with E-state index in [1.54, 1.807) is 41.6 Å². The molecule has 1 N–H and O–H groups in total. The quantitative estimate of drug-likeness (QED) is 0.836. The second kappa shape index (κ2) is 8.21. The van der Waals surface area contributed by atoms with Crippen molar-refractivity contribution in [3.63, 3.8) is 0 Å². The molecule has 3 heterocycles. The Kier molecular flexibility index (Phi) is 5.49. The lowest BCUT2D eigenvalue weighted by Crippen LogP contribution is -2.51. The Labute approximate surface area is 173 Å². The van der Waals surface area contributed by atoms with Crippen LogP contribution in [0.15, 0.2) is 53.9 Å². The van der Waals surface area contributed by atoms with Gasteiger partial charge < -0.3 is 15.1 Å². The molecule has 2 aliphatic heterocycles. The number of carbonyl (C=O) groups excluding carboxylic acids is 2. The first-order valence-electron chi connectivity index (χ1n) is 9.52. The van der Waals surface area contributed by atoms with E-state index in [1.807, 2.05) is 12.1 Å². The number of benzene rings is 1. The number of halogens is 1. The fraction of sp³-hybridized carbons (Fsp3) is 0.333. The lowest BCUT2D eigenvalue weighted by atomic mass is 9.87. The highest BCUT2D eigenvalue weighted by molar-refractivity contribution is 6.39. The van der Waals surface area contributed by atoms with E-state index >= 15 is 0 Å². The van der Waals surface area contributed by atoms with E-state index in [1.165, 1.54) is 0 Å². The average Bonchev–Trinajstić information content (AvgIpc) is 3.16. The van der Waals surface area contributed by atoms with Crippen molar-refractivity contribution in [3.05, 3.63) is 64.9 Å². The van der Waals surface area contributed by atoms with Crippen LogP contribution in [0.3, 0.4) is 0 Å². The third-order valence-corrected chi connectivity index (χ3v) is 5.47. The first kappa shape index (κ1) is 19.4. The topological polar surface area (TPSA) is 83.9 Å². The standard InChI is InChI=1S/C21H21ClN4O3/c22-17-4-2-16(3-5-17)20(28)26-11-1-8-21(14-26)12-18(25-29-21)19(27)24-13-15-6-9-23-10-7-15/h2-7,9-10H,1,8,11-14H2,(H,24,27). The number of oxime groups is 1. The lowest BCUT2D eigenvalue weighted by molar-refractivity contribution is -0.115. The number of likely N-dealkylation sites (tertiary alicyclic amines) is 1. The molecule has 7 nitrogen and oxygen atoms in total. The Hall–Kier alpha value is -2.93. The first-order valence-corrected chi connectivity index (χ1v) is 9.89. The second-order valence-electron chi connectivity index (χ2n) is 7.36. The molecule has 0 saturated carbocycles. The Morgan fingerprint density at radius 1 is 1.17 bits per heavy atom. The van der Waals surface area contributed by atoms with Crippen molar-refractivity contribution >= 4 is 29.1 Å². The Balaban J connectivity index is 1.36. The number of pyridine rings is 1. The van der Waals surface area contributed by atoms with Crippen LogP contribution in [0.25, 0.3) is 0 Å². The normalized spacial score (nSPS) is 20.9. The number of rotatable bonds is 4. The molecule has 1 aromatic carbocycles. The highest BCUT2D eigenvalue weighted by Crippen LogP contribution is 2.34. The van der Waals surface area contributed by atoms with Gasteiger partial charge in [0.05, 0.1) is 6.54 Å². The largest absolute Gasteiger partial charge is 0.386 e. The van der Waals surface area contributed by atoms with E-state index in [2.05, 4.69) is 15.5 Å². The summed E-state index contributed by atoms with van der Waals surface area (Å²) < 4.78 is 0. The maximum absolute atomic E-state index is 12.8. The van der Waals surface area contributed by atoms with E-state index in [-0.39, 0.29) is 11.8 Å². The predicted octanol–water partition coefficient (Wildman–Crippen LogP) is 2.80. The molecule has 0 aliphatic carbocycles. The Bertz CT molecular complexity index is 933. The summed E-state index contributed by atoms with van der Waals surface area (Å²) in [7, 11) is 0. The van der Waals surface area contributed by atoms with E-state index < -0.39 is 5.60 Å².